The van der Waals surface area contributed by atoms with Crippen LogP contribution in [-0.4, -0.2) is 32.4 Å². The van der Waals surface area contributed by atoms with Gasteiger partial charge in [-0.15, -0.1) is 11.8 Å². The first-order valence-electron chi connectivity index (χ1n) is 8.64. The van der Waals surface area contributed by atoms with Crippen molar-refractivity contribution in [2.75, 3.05) is 21.6 Å². The Hall–Kier alpha value is -2.20. The van der Waals surface area contributed by atoms with Gasteiger partial charge in [-0.2, -0.15) is 13.2 Å². The highest BCUT2D eigenvalue weighted by atomic mass is 32.2. The minimum atomic E-state index is -4.64. The zero-order valence-electron chi connectivity index (χ0n) is 16.0. The van der Waals surface area contributed by atoms with E-state index >= 15 is 0 Å². The molecule has 0 aromatic heterocycles. The molecular weight excluding hydrogens is 425 g/mol. The fourth-order valence-electron chi connectivity index (χ4n) is 2.72. The van der Waals surface area contributed by atoms with Crippen LogP contribution >= 0.6 is 11.8 Å². The number of rotatable bonds is 7. The normalized spacial score (nSPS) is 13.0. The molecule has 10 heteroatoms. The van der Waals surface area contributed by atoms with Crippen molar-refractivity contribution in [2.24, 2.45) is 0 Å². The number of para-hydroxylation sites is 1. The lowest BCUT2D eigenvalue weighted by Crippen LogP contribution is -2.45. The van der Waals surface area contributed by atoms with E-state index in [2.05, 4.69) is 5.32 Å². The van der Waals surface area contributed by atoms with Gasteiger partial charge in [0.15, 0.2) is 0 Å². The van der Waals surface area contributed by atoms with Crippen LogP contribution in [0, 0.1) is 0 Å². The molecule has 0 saturated heterocycles. The highest BCUT2D eigenvalue weighted by Crippen LogP contribution is 2.33. The molecule has 2 aromatic carbocycles. The molecule has 1 atom stereocenters. The van der Waals surface area contributed by atoms with Gasteiger partial charge in [-0.3, -0.25) is 9.10 Å². The lowest BCUT2D eigenvalue weighted by molar-refractivity contribution is -0.137. The van der Waals surface area contributed by atoms with Crippen molar-refractivity contribution in [3.8, 4) is 0 Å². The number of benzene rings is 2. The van der Waals surface area contributed by atoms with E-state index in [1.54, 1.807) is 12.1 Å². The fourth-order valence-corrected chi connectivity index (χ4v) is 4.64. The number of nitrogens with zero attached hydrogens (tertiary/aromatic N) is 1. The third-order valence-corrected chi connectivity index (χ3v) is 6.16. The molecule has 1 amide bonds. The molecule has 5 nitrogen and oxygen atoms in total. The second-order valence-corrected chi connectivity index (χ2v) is 9.37. The van der Waals surface area contributed by atoms with Crippen molar-refractivity contribution in [3.63, 3.8) is 0 Å². The number of alkyl halides is 3. The van der Waals surface area contributed by atoms with E-state index in [0.29, 0.717) is 16.1 Å². The number of halogens is 3. The highest BCUT2D eigenvalue weighted by Gasteiger charge is 2.34. The van der Waals surface area contributed by atoms with Crippen molar-refractivity contribution < 1.29 is 26.4 Å². The Labute approximate surface area is 172 Å². The first kappa shape index (κ1) is 23.1. The molecule has 0 fully saturated rings. The molecule has 0 heterocycles. The second-order valence-electron chi connectivity index (χ2n) is 6.20. The summed E-state index contributed by atoms with van der Waals surface area (Å²) in [6.45, 7) is 3.27. The van der Waals surface area contributed by atoms with E-state index in [1.807, 2.05) is 19.1 Å². The van der Waals surface area contributed by atoms with Crippen LogP contribution in [0.25, 0.3) is 0 Å². The highest BCUT2D eigenvalue weighted by molar-refractivity contribution is 7.99. The molecule has 1 unspecified atom stereocenters. The number of hydrogen-bond donors (Lipinski definition) is 1. The maximum atomic E-state index is 13.0. The Morgan fingerprint density at radius 2 is 1.83 bits per heavy atom. The molecule has 2 aromatic rings. The average molecular weight is 447 g/mol. The lowest BCUT2D eigenvalue weighted by atomic mass is 10.1. The number of nitrogens with one attached hydrogen (secondary N) is 1. The monoisotopic (exact) mass is 446 g/mol. The van der Waals surface area contributed by atoms with E-state index in [9.17, 15) is 26.4 Å². The van der Waals surface area contributed by atoms with Gasteiger partial charge in [0.2, 0.25) is 15.9 Å². The molecule has 0 aliphatic rings. The van der Waals surface area contributed by atoms with E-state index < -0.39 is 33.7 Å². The molecule has 2 rings (SSSR count). The van der Waals surface area contributed by atoms with Crippen molar-refractivity contribution in [3.05, 3.63) is 54.1 Å². The Morgan fingerprint density at radius 3 is 2.41 bits per heavy atom. The van der Waals surface area contributed by atoms with Gasteiger partial charge in [0, 0.05) is 4.90 Å². The number of sulfonamides is 1. The molecule has 29 heavy (non-hydrogen) atoms. The molecule has 158 valence electrons. The van der Waals surface area contributed by atoms with Gasteiger partial charge in [0.05, 0.1) is 23.2 Å². The van der Waals surface area contributed by atoms with Gasteiger partial charge >= 0.3 is 6.18 Å². The van der Waals surface area contributed by atoms with Crippen molar-refractivity contribution in [1.29, 1.82) is 0 Å². The summed E-state index contributed by atoms with van der Waals surface area (Å²) < 4.78 is 64.5. The first-order chi connectivity index (χ1) is 13.4. The van der Waals surface area contributed by atoms with Crippen LogP contribution in [0.3, 0.4) is 0 Å². The predicted octanol–water partition coefficient (Wildman–Crippen LogP) is 4.61. The van der Waals surface area contributed by atoms with E-state index in [4.69, 9.17) is 0 Å². The number of amides is 1. The van der Waals surface area contributed by atoms with Gasteiger partial charge in [0.1, 0.15) is 6.04 Å². The number of hydrogen-bond acceptors (Lipinski definition) is 4. The van der Waals surface area contributed by atoms with E-state index in [1.165, 1.54) is 24.8 Å². The summed E-state index contributed by atoms with van der Waals surface area (Å²) >= 11 is 1.50. The molecule has 0 spiro atoms. The topological polar surface area (TPSA) is 66.5 Å². The molecule has 0 radical (unpaired) electrons. The predicted molar refractivity (Wildman–Crippen MR) is 110 cm³/mol. The Kier molecular flexibility index (Phi) is 7.23. The van der Waals surface area contributed by atoms with Crippen LogP contribution in [-0.2, 0) is 21.0 Å². The van der Waals surface area contributed by atoms with Crippen LogP contribution < -0.4 is 9.62 Å². The summed E-state index contributed by atoms with van der Waals surface area (Å²) in [6.07, 6.45) is -3.79. The van der Waals surface area contributed by atoms with Gasteiger partial charge in [-0.25, -0.2) is 8.42 Å². The summed E-state index contributed by atoms with van der Waals surface area (Å²) in [5.41, 5.74) is -0.726. The minimum Gasteiger partial charge on any atom is -0.323 e. The number of thioether (sulfide) groups is 1. The zero-order valence-corrected chi connectivity index (χ0v) is 17.7. The Balaban J connectivity index is 2.38. The molecule has 0 aliphatic heterocycles. The van der Waals surface area contributed by atoms with E-state index in [0.717, 1.165) is 29.0 Å². The standard InChI is InChI=1S/C19H21F3N2O3S2/c1-4-28-17-11-6-5-10-16(17)23-18(25)13(2)24(29(3,26)27)15-9-7-8-14(12-15)19(20,21)22/h5-13H,4H2,1-3H3,(H,23,25). The summed E-state index contributed by atoms with van der Waals surface area (Å²) in [5, 5.41) is 2.67. The maximum absolute atomic E-state index is 13.0. The second kappa shape index (κ2) is 9.08. The van der Waals surface area contributed by atoms with Crippen LogP contribution in [0.2, 0.25) is 0 Å². The zero-order chi connectivity index (χ0) is 21.8. The van der Waals surface area contributed by atoms with Gasteiger partial charge in [-0.1, -0.05) is 25.1 Å². The smallest absolute Gasteiger partial charge is 0.323 e. The average Bonchev–Trinajstić information content (AvgIpc) is 2.62. The van der Waals surface area contributed by atoms with E-state index in [-0.39, 0.29) is 5.69 Å². The Bertz CT molecular complexity index is 979. The quantitative estimate of drug-likeness (QED) is 0.631. The largest absolute Gasteiger partial charge is 0.416 e. The molecule has 1 N–H and O–H groups in total. The van der Waals surface area contributed by atoms with Crippen molar-refractivity contribution in [2.45, 2.75) is 31.0 Å². The molecule has 0 aliphatic carbocycles. The number of carbonyl (C=O) groups is 1. The van der Waals surface area contributed by atoms with Gasteiger partial charge in [-0.05, 0) is 43.0 Å². The minimum absolute atomic E-state index is 0.235. The molecular formula is C19H21F3N2O3S2. The van der Waals surface area contributed by atoms with Crippen LogP contribution in [0.15, 0.2) is 53.4 Å². The SMILES string of the molecule is CCSc1ccccc1NC(=O)C(C)N(c1cccc(C(F)(F)F)c1)S(C)(=O)=O. The van der Waals surface area contributed by atoms with Crippen LogP contribution in [0.1, 0.15) is 19.4 Å². The van der Waals surface area contributed by atoms with Crippen LogP contribution in [0.5, 0.6) is 0 Å². The third kappa shape index (κ3) is 5.89. The molecule has 0 bridgehead atoms. The van der Waals surface area contributed by atoms with Gasteiger partial charge in [0.25, 0.3) is 0 Å². The number of anilines is 2. The number of carbonyl (C=O) groups excluding carboxylic acids is 1. The molecule has 0 saturated carbocycles. The lowest BCUT2D eigenvalue weighted by Gasteiger charge is -2.29. The van der Waals surface area contributed by atoms with Crippen molar-refractivity contribution in [1.82, 2.24) is 0 Å². The fraction of sp³-hybridized carbons (Fsp3) is 0.316. The summed E-state index contributed by atoms with van der Waals surface area (Å²) in [7, 11) is -4.04. The van der Waals surface area contributed by atoms with Crippen molar-refractivity contribution >= 4 is 39.1 Å². The summed E-state index contributed by atoms with van der Waals surface area (Å²) in [5.74, 6) is 0.110. The summed E-state index contributed by atoms with van der Waals surface area (Å²) in [6, 6.07) is 9.64. The summed E-state index contributed by atoms with van der Waals surface area (Å²) in [4.78, 5) is 13.6. The van der Waals surface area contributed by atoms with Crippen LogP contribution in [0.4, 0.5) is 24.5 Å². The maximum Gasteiger partial charge on any atom is 0.416 e. The Morgan fingerprint density at radius 1 is 1.17 bits per heavy atom. The first-order valence-corrected chi connectivity index (χ1v) is 11.5. The third-order valence-electron chi connectivity index (χ3n) is 3.96. The van der Waals surface area contributed by atoms with Gasteiger partial charge < -0.3 is 5.32 Å².